The number of nitrogens with one attached hydrogen (secondary N) is 2. The minimum absolute atomic E-state index is 0.143. The van der Waals surface area contributed by atoms with Gasteiger partial charge in [0.15, 0.2) is 9.84 Å². The van der Waals surface area contributed by atoms with Crippen LogP contribution in [0.3, 0.4) is 0 Å². The zero-order valence-corrected chi connectivity index (χ0v) is 16.1. The number of hydrogen-bond acceptors (Lipinski definition) is 4. The summed E-state index contributed by atoms with van der Waals surface area (Å²) in [6, 6.07) is 14.6. The molecule has 0 bridgehead atoms. The number of anilines is 1. The van der Waals surface area contributed by atoms with E-state index in [4.69, 9.17) is 0 Å². The molecule has 2 fully saturated rings. The highest BCUT2D eigenvalue weighted by Crippen LogP contribution is 2.41. The fourth-order valence-electron chi connectivity index (χ4n) is 3.31. The van der Waals surface area contributed by atoms with E-state index >= 15 is 0 Å². The molecule has 6 heteroatoms. The topological polar surface area (TPSA) is 75.3 Å². The Hall–Kier alpha value is -2.18. The molecule has 0 aromatic heterocycles. The summed E-state index contributed by atoms with van der Waals surface area (Å²) in [6.45, 7) is 1.14. The van der Waals surface area contributed by atoms with Gasteiger partial charge in [0.2, 0.25) is 0 Å². The molecule has 4 rings (SSSR count). The van der Waals surface area contributed by atoms with Crippen molar-refractivity contribution >= 4 is 21.4 Å². The average molecular weight is 385 g/mol. The lowest BCUT2D eigenvalue weighted by molar-refractivity contribution is 0.102. The van der Waals surface area contributed by atoms with Crippen molar-refractivity contribution in [3.05, 3.63) is 59.7 Å². The van der Waals surface area contributed by atoms with Gasteiger partial charge in [0.25, 0.3) is 5.91 Å². The van der Waals surface area contributed by atoms with Crippen LogP contribution in [0, 0.1) is 5.92 Å². The van der Waals surface area contributed by atoms with Crippen LogP contribution in [0.15, 0.2) is 53.4 Å². The fraction of sp³-hybridized carbons (Fsp3) is 0.381. The maximum atomic E-state index is 12.4. The molecule has 2 aliphatic rings. The van der Waals surface area contributed by atoms with Crippen molar-refractivity contribution in [3.63, 3.8) is 0 Å². The molecule has 0 heterocycles. The van der Waals surface area contributed by atoms with Crippen LogP contribution in [0.2, 0.25) is 0 Å². The average Bonchev–Trinajstić information content (AvgIpc) is 3.54. The predicted octanol–water partition coefficient (Wildman–Crippen LogP) is 3.20. The Morgan fingerprint density at radius 3 is 2.52 bits per heavy atom. The van der Waals surface area contributed by atoms with E-state index in [2.05, 4.69) is 22.8 Å². The van der Waals surface area contributed by atoms with Gasteiger partial charge in [0, 0.05) is 29.5 Å². The third-order valence-electron chi connectivity index (χ3n) is 5.28. The molecule has 27 heavy (non-hydrogen) atoms. The first-order chi connectivity index (χ1) is 12.9. The number of hydrogen-bond donors (Lipinski definition) is 2. The number of carbonyl (C=O) groups is 1. The predicted molar refractivity (Wildman–Crippen MR) is 106 cm³/mol. The molecule has 0 radical (unpaired) electrons. The second kappa shape index (κ2) is 7.09. The summed E-state index contributed by atoms with van der Waals surface area (Å²) in [5.74, 6) is 1.15. The number of rotatable bonds is 7. The lowest BCUT2D eigenvalue weighted by atomic mass is 10.1. The Kier molecular flexibility index (Phi) is 4.78. The van der Waals surface area contributed by atoms with Crippen molar-refractivity contribution in [2.75, 3.05) is 18.1 Å². The molecule has 2 aromatic rings. The highest BCUT2D eigenvalue weighted by atomic mass is 32.2. The Morgan fingerprint density at radius 2 is 1.85 bits per heavy atom. The van der Waals surface area contributed by atoms with Crippen molar-refractivity contribution in [3.8, 4) is 0 Å². The van der Waals surface area contributed by atoms with E-state index in [1.54, 1.807) is 12.1 Å². The van der Waals surface area contributed by atoms with Gasteiger partial charge in [-0.2, -0.15) is 0 Å². The van der Waals surface area contributed by atoms with Crippen LogP contribution >= 0.6 is 0 Å². The summed E-state index contributed by atoms with van der Waals surface area (Å²) in [7, 11) is -3.34. The third-order valence-corrected chi connectivity index (χ3v) is 6.39. The Labute approximate surface area is 160 Å². The molecule has 0 saturated heterocycles. The normalized spacial score (nSPS) is 21.7. The Bertz CT molecular complexity index is 950. The second-order valence-corrected chi connectivity index (χ2v) is 9.69. The molecule has 2 unspecified atom stereocenters. The van der Waals surface area contributed by atoms with Crippen LogP contribution in [-0.2, 0) is 9.84 Å². The summed E-state index contributed by atoms with van der Waals surface area (Å²) in [4.78, 5) is 12.6. The van der Waals surface area contributed by atoms with Gasteiger partial charge in [-0.25, -0.2) is 8.42 Å². The van der Waals surface area contributed by atoms with Crippen LogP contribution in [0.5, 0.6) is 0 Å². The lowest BCUT2D eigenvalue weighted by Crippen LogP contribution is -2.20. The van der Waals surface area contributed by atoms with E-state index in [9.17, 15) is 13.2 Å². The van der Waals surface area contributed by atoms with Crippen molar-refractivity contribution in [1.29, 1.82) is 0 Å². The molecule has 2 atom stereocenters. The van der Waals surface area contributed by atoms with Crippen LogP contribution in [0.25, 0.3) is 0 Å². The first-order valence-electron chi connectivity index (χ1n) is 9.35. The minimum atomic E-state index is -3.34. The molecular formula is C21H24N2O3S. The standard InChI is InChI=1S/C21H24N2O3S/c1-27(25,26)18-4-2-3-16(11-18)21(24)23-17-9-7-15(8-10-17)19-12-20(19)22-13-14-5-6-14/h2-4,7-11,14,19-20,22H,5-6,12-13H2,1H3,(H,23,24). The van der Waals surface area contributed by atoms with Crippen LogP contribution in [0.1, 0.15) is 41.1 Å². The van der Waals surface area contributed by atoms with Crippen molar-refractivity contribution < 1.29 is 13.2 Å². The number of benzene rings is 2. The van der Waals surface area contributed by atoms with Crippen molar-refractivity contribution in [2.45, 2.75) is 36.1 Å². The quantitative estimate of drug-likeness (QED) is 0.769. The van der Waals surface area contributed by atoms with Gasteiger partial charge in [-0.3, -0.25) is 4.79 Å². The maximum absolute atomic E-state index is 12.4. The molecule has 2 aromatic carbocycles. The first kappa shape index (κ1) is 18.2. The Balaban J connectivity index is 1.36. The maximum Gasteiger partial charge on any atom is 0.255 e. The molecule has 2 aliphatic carbocycles. The lowest BCUT2D eigenvalue weighted by Gasteiger charge is -2.08. The number of sulfone groups is 1. The van der Waals surface area contributed by atoms with Gasteiger partial charge in [-0.05, 0) is 67.6 Å². The summed E-state index contributed by atoms with van der Waals surface area (Å²) in [5.41, 5.74) is 2.32. The first-order valence-corrected chi connectivity index (χ1v) is 11.2. The van der Waals surface area contributed by atoms with E-state index in [-0.39, 0.29) is 10.8 Å². The summed E-state index contributed by atoms with van der Waals surface area (Å²) in [5, 5.41) is 6.47. The smallest absolute Gasteiger partial charge is 0.255 e. The van der Waals surface area contributed by atoms with Gasteiger partial charge < -0.3 is 10.6 Å². The van der Waals surface area contributed by atoms with E-state index in [1.807, 2.05) is 12.1 Å². The molecule has 1 amide bonds. The Morgan fingerprint density at radius 1 is 1.11 bits per heavy atom. The van der Waals surface area contributed by atoms with Gasteiger partial charge in [0.05, 0.1) is 4.90 Å². The van der Waals surface area contributed by atoms with E-state index in [0.717, 1.165) is 18.7 Å². The van der Waals surface area contributed by atoms with Gasteiger partial charge >= 0.3 is 0 Å². The number of carbonyl (C=O) groups excluding carboxylic acids is 1. The van der Waals surface area contributed by atoms with Crippen molar-refractivity contribution in [1.82, 2.24) is 5.32 Å². The van der Waals surface area contributed by atoms with Crippen LogP contribution in [0.4, 0.5) is 5.69 Å². The fourth-order valence-corrected chi connectivity index (χ4v) is 3.98. The molecular weight excluding hydrogens is 360 g/mol. The van der Waals surface area contributed by atoms with E-state index < -0.39 is 9.84 Å². The molecule has 5 nitrogen and oxygen atoms in total. The van der Waals surface area contributed by atoms with Gasteiger partial charge in [0.1, 0.15) is 0 Å². The second-order valence-electron chi connectivity index (χ2n) is 7.68. The summed E-state index contributed by atoms with van der Waals surface area (Å²) in [6.07, 6.45) is 5.04. The molecule has 2 N–H and O–H groups in total. The zero-order chi connectivity index (χ0) is 19.0. The molecule has 142 valence electrons. The van der Waals surface area contributed by atoms with Crippen LogP contribution in [-0.4, -0.2) is 33.2 Å². The molecule has 0 spiro atoms. The van der Waals surface area contributed by atoms with Crippen LogP contribution < -0.4 is 10.6 Å². The number of amides is 1. The molecule has 0 aliphatic heterocycles. The zero-order valence-electron chi connectivity index (χ0n) is 15.3. The van der Waals surface area contributed by atoms with Gasteiger partial charge in [-0.15, -0.1) is 0 Å². The molecule has 2 saturated carbocycles. The monoisotopic (exact) mass is 384 g/mol. The summed E-state index contributed by atoms with van der Waals surface area (Å²) < 4.78 is 23.3. The van der Waals surface area contributed by atoms with Crippen molar-refractivity contribution in [2.24, 2.45) is 5.92 Å². The van der Waals surface area contributed by atoms with Gasteiger partial charge in [-0.1, -0.05) is 18.2 Å². The largest absolute Gasteiger partial charge is 0.322 e. The highest BCUT2D eigenvalue weighted by Gasteiger charge is 2.38. The highest BCUT2D eigenvalue weighted by molar-refractivity contribution is 7.90. The summed E-state index contributed by atoms with van der Waals surface area (Å²) >= 11 is 0. The van der Waals surface area contributed by atoms with E-state index in [1.165, 1.54) is 37.0 Å². The van der Waals surface area contributed by atoms with E-state index in [0.29, 0.717) is 23.2 Å². The third kappa shape index (κ3) is 4.57. The SMILES string of the molecule is CS(=O)(=O)c1cccc(C(=O)Nc2ccc(C3CC3NCC3CC3)cc2)c1. The minimum Gasteiger partial charge on any atom is -0.322 e.